The molecule has 0 bridgehead atoms. The van der Waals surface area contributed by atoms with Crippen LogP contribution in [0, 0.1) is 5.82 Å². The normalized spacial score (nSPS) is 15.9. The molecule has 1 aromatic rings. The lowest BCUT2D eigenvalue weighted by atomic mass is 10.1. The third kappa shape index (κ3) is 4.95. The number of hydrogen-bond donors (Lipinski definition) is 2. The first-order chi connectivity index (χ1) is 10.2. The maximum absolute atomic E-state index is 13.6. The number of halogens is 2. The number of piperidine rings is 1. The summed E-state index contributed by atoms with van der Waals surface area (Å²) >= 11 is 5.65. The molecule has 6 heteroatoms. The fraction of sp³-hybridized carbons (Fsp3) is 0.533. The van der Waals surface area contributed by atoms with Crippen molar-refractivity contribution in [3.05, 3.63) is 34.6 Å². The minimum absolute atomic E-state index is 0.0261. The molecule has 1 aromatic carbocycles. The highest BCUT2D eigenvalue weighted by Crippen LogP contribution is 2.17. The van der Waals surface area contributed by atoms with Crippen molar-refractivity contribution >= 4 is 17.5 Å². The maximum atomic E-state index is 13.6. The van der Waals surface area contributed by atoms with Gasteiger partial charge in [0.15, 0.2) is 5.82 Å². The van der Waals surface area contributed by atoms with Crippen LogP contribution in [0.2, 0.25) is 5.02 Å². The SMILES string of the molecule is O=C(NCCCOC1CCNCC1)c1cccc(Cl)c1F. The summed E-state index contributed by atoms with van der Waals surface area (Å²) in [6.45, 7) is 3.05. The van der Waals surface area contributed by atoms with Crippen molar-refractivity contribution in [2.24, 2.45) is 0 Å². The number of benzene rings is 1. The molecule has 1 fully saturated rings. The van der Waals surface area contributed by atoms with Gasteiger partial charge in [-0.25, -0.2) is 4.39 Å². The Balaban J connectivity index is 1.66. The number of nitrogens with one attached hydrogen (secondary N) is 2. The molecule has 4 nitrogen and oxygen atoms in total. The molecule has 116 valence electrons. The van der Waals surface area contributed by atoms with E-state index in [4.69, 9.17) is 16.3 Å². The van der Waals surface area contributed by atoms with E-state index in [1.54, 1.807) is 6.07 Å². The molecule has 2 N–H and O–H groups in total. The number of carbonyl (C=O) groups excluding carboxylic acids is 1. The third-order valence-electron chi connectivity index (χ3n) is 3.44. The second-order valence-corrected chi connectivity index (χ2v) is 5.44. The van der Waals surface area contributed by atoms with Crippen molar-refractivity contribution in [3.8, 4) is 0 Å². The fourth-order valence-corrected chi connectivity index (χ4v) is 2.44. The summed E-state index contributed by atoms with van der Waals surface area (Å²) in [7, 11) is 0. The van der Waals surface area contributed by atoms with Crippen LogP contribution in [0.25, 0.3) is 0 Å². The molecule has 2 rings (SSSR count). The second-order valence-electron chi connectivity index (χ2n) is 5.03. The summed E-state index contributed by atoms with van der Waals surface area (Å²) in [5, 5.41) is 5.91. The molecule has 0 saturated carbocycles. The minimum Gasteiger partial charge on any atom is -0.378 e. The Morgan fingerprint density at radius 2 is 2.19 bits per heavy atom. The topological polar surface area (TPSA) is 50.4 Å². The van der Waals surface area contributed by atoms with Crippen molar-refractivity contribution in [3.63, 3.8) is 0 Å². The number of carbonyl (C=O) groups is 1. The Kier molecular flexibility index (Phi) is 6.42. The smallest absolute Gasteiger partial charge is 0.254 e. The summed E-state index contributed by atoms with van der Waals surface area (Å²) in [4.78, 5) is 11.8. The summed E-state index contributed by atoms with van der Waals surface area (Å²) < 4.78 is 19.4. The lowest BCUT2D eigenvalue weighted by Gasteiger charge is -2.22. The quantitative estimate of drug-likeness (QED) is 0.793. The van der Waals surface area contributed by atoms with E-state index in [1.165, 1.54) is 12.1 Å². The van der Waals surface area contributed by atoms with Crippen LogP contribution in [-0.2, 0) is 4.74 Å². The molecule has 0 spiro atoms. The van der Waals surface area contributed by atoms with E-state index in [1.807, 2.05) is 0 Å². The molecule has 21 heavy (non-hydrogen) atoms. The first-order valence-corrected chi connectivity index (χ1v) is 7.61. The van der Waals surface area contributed by atoms with Crippen LogP contribution in [0.1, 0.15) is 29.6 Å². The Labute approximate surface area is 129 Å². The molecule has 1 amide bonds. The Hall–Kier alpha value is -1.17. The van der Waals surface area contributed by atoms with E-state index < -0.39 is 11.7 Å². The Bertz CT molecular complexity index is 479. The predicted molar refractivity (Wildman–Crippen MR) is 80.2 cm³/mol. The van der Waals surface area contributed by atoms with E-state index >= 15 is 0 Å². The van der Waals surface area contributed by atoms with Crippen molar-refractivity contribution in [2.45, 2.75) is 25.4 Å². The zero-order valence-corrected chi connectivity index (χ0v) is 12.6. The lowest BCUT2D eigenvalue weighted by molar-refractivity contribution is 0.0317. The maximum Gasteiger partial charge on any atom is 0.254 e. The molecule has 1 saturated heterocycles. The number of rotatable bonds is 6. The van der Waals surface area contributed by atoms with E-state index in [0.29, 0.717) is 25.7 Å². The van der Waals surface area contributed by atoms with Gasteiger partial charge in [0.05, 0.1) is 16.7 Å². The van der Waals surface area contributed by atoms with Gasteiger partial charge in [0.2, 0.25) is 0 Å². The highest BCUT2D eigenvalue weighted by molar-refractivity contribution is 6.31. The van der Waals surface area contributed by atoms with Gasteiger partial charge in [0.25, 0.3) is 5.91 Å². The summed E-state index contributed by atoms with van der Waals surface area (Å²) in [5.41, 5.74) is -0.0261. The van der Waals surface area contributed by atoms with Crippen molar-refractivity contribution in [1.82, 2.24) is 10.6 Å². The van der Waals surface area contributed by atoms with Crippen LogP contribution in [0.4, 0.5) is 4.39 Å². The third-order valence-corrected chi connectivity index (χ3v) is 3.73. The van der Waals surface area contributed by atoms with Crippen LogP contribution in [0.3, 0.4) is 0 Å². The minimum atomic E-state index is -0.678. The molecule has 0 aliphatic carbocycles. The van der Waals surface area contributed by atoms with Gasteiger partial charge in [-0.3, -0.25) is 4.79 Å². The molecule has 1 heterocycles. The number of hydrogen-bond acceptors (Lipinski definition) is 3. The number of ether oxygens (including phenoxy) is 1. The molecular weight excluding hydrogens is 295 g/mol. The van der Waals surface area contributed by atoms with Gasteiger partial charge in [-0.15, -0.1) is 0 Å². The lowest BCUT2D eigenvalue weighted by Crippen LogP contribution is -2.33. The van der Waals surface area contributed by atoms with Gasteiger partial charge in [0.1, 0.15) is 0 Å². The van der Waals surface area contributed by atoms with Gasteiger partial charge in [-0.2, -0.15) is 0 Å². The number of amides is 1. The van der Waals surface area contributed by atoms with Gasteiger partial charge < -0.3 is 15.4 Å². The predicted octanol–water partition coefficient (Wildman–Crippen LogP) is 2.37. The van der Waals surface area contributed by atoms with Crippen LogP contribution in [-0.4, -0.2) is 38.3 Å². The molecular formula is C15H20ClFN2O2. The van der Waals surface area contributed by atoms with Gasteiger partial charge in [-0.1, -0.05) is 17.7 Å². The molecule has 0 aromatic heterocycles. The highest BCUT2D eigenvalue weighted by Gasteiger charge is 2.14. The Morgan fingerprint density at radius 1 is 1.43 bits per heavy atom. The molecule has 1 aliphatic heterocycles. The zero-order valence-electron chi connectivity index (χ0n) is 11.8. The van der Waals surface area contributed by atoms with Gasteiger partial charge >= 0.3 is 0 Å². The largest absolute Gasteiger partial charge is 0.378 e. The standard InChI is InChI=1S/C15H20ClFN2O2/c16-13-4-1-3-12(14(13)17)15(20)19-7-2-10-21-11-5-8-18-9-6-11/h1,3-4,11,18H,2,5-10H2,(H,19,20). The van der Waals surface area contributed by atoms with Crippen molar-refractivity contribution < 1.29 is 13.9 Å². The fourth-order valence-electron chi connectivity index (χ4n) is 2.26. The summed E-state index contributed by atoms with van der Waals surface area (Å²) in [6, 6.07) is 4.39. The van der Waals surface area contributed by atoms with E-state index in [2.05, 4.69) is 10.6 Å². The molecule has 0 atom stereocenters. The average molecular weight is 315 g/mol. The van der Waals surface area contributed by atoms with E-state index in [-0.39, 0.29) is 10.6 Å². The molecule has 1 aliphatic rings. The zero-order chi connectivity index (χ0) is 15.1. The van der Waals surface area contributed by atoms with Crippen LogP contribution < -0.4 is 10.6 Å². The molecule has 0 radical (unpaired) electrons. The average Bonchev–Trinajstić information content (AvgIpc) is 2.50. The first kappa shape index (κ1) is 16.2. The monoisotopic (exact) mass is 314 g/mol. The van der Waals surface area contributed by atoms with Crippen LogP contribution in [0.5, 0.6) is 0 Å². The van der Waals surface area contributed by atoms with Crippen LogP contribution >= 0.6 is 11.6 Å². The second kappa shape index (κ2) is 8.32. The molecule has 0 unspecified atom stereocenters. The van der Waals surface area contributed by atoms with Gasteiger partial charge in [-0.05, 0) is 44.5 Å². The summed E-state index contributed by atoms with van der Waals surface area (Å²) in [6.07, 6.45) is 3.07. The Morgan fingerprint density at radius 3 is 2.95 bits per heavy atom. The van der Waals surface area contributed by atoms with Crippen molar-refractivity contribution in [2.75, 3.05) is 26.2 Å². The van der Waals surface area contributed by atoms with E-state index in [9.17, 15) is 9.18 Å². The van der Waals surface area contributed by atoms with Crippen molar-refractivity contribution in [1.29, 1.82) is 0 Å². The van der Waals surface area contributed by atoms with Crippen LogP contribution in [0.15, 0.2) is 18.2 Å². The van der Waals surface area contributed by atoms with Gasteiger partial charge in [0, 0.05) is 13.2 Å². The first-order valence-electron chi connectivity index (χ1n) is 7.23. The van der Waals surface area contributed by atoms with E-state index in [0.717, 1.165) is 25.9 Å². The highest BCUT2D eigenvalue weighted by atomic mass is 35.5. The summed E-state index contributed by atoms with van der Waals surface area (Å²) in [5.74, 6) is -1.13.